The Hall–Kier alpha value is -3.23. The molecule has 0 fully saturated rings. The zero-order valence-corrected chi connectivity index (χ0v) is 27.4. The van der Waals surface area contributed by atoms with Crippen molar-refractivity contribution in [1.29, 1.82) is 0 Å². The van der Waals surface area contributed by atoms with E-state index in [1.807, 2.05) is 31.1 Å². The molecule has 4 rings (SSSR count). The maximum Gasteiger partial charge on any atom is 0.269 e. The van der Waals surface area contributed by atoms with Gasteiger partial charge in [0, 0.05) is 68.0 Å². The van der Waals surface area contributed by atoms with Gasteiger partial charge in [-0.1, -0.05) is 12.1 Å². The second-order valence-corrected chi connectivity index (χ2v) is 11.6. The number of ether oxygens (including phenoxy) is 1. The number of pyridine rings is 1. The number of hydrogen-bond acceptors (Lipinski definition) is 9. The number of phenolic OH excluding ortho intramolecular Hbond substituents is 1. The second-order valence-electron chi connectivity index (χ2n) is 9.68. The van der Waals surface area contributed by atoms with Gasteiger partial charge < -0.3 is 20.1 Å². The van der Waals surface area contributed by atoms with E-state index in [2.05, 4.69) is 10.3 Å². The molecule has 44 heavy (non-hydrogen) atoms. The smallest absolute Gasteiger partial charge is 0.269 e. The van der Waals surface area contributed by atoms with Gasteiger partial charge in [0.2, 0.25) is 10.0 Å². The Labute approximate surface area is 275 Å². The highest BCUT2D eigenvalue weighted by atomic mass is 35.5. The monoisotopic (exact) mass is 687 g/mol. The Bertz CT molecular complexity index is 1610. The number of nitro groups is 1. The first-order valence-corrected chi connectivity index (χ1v) is 14.5. The van der Waals surface area contributed by atoms with E-state index in [1.54, 1.807) is 54.9 Å². The number of rotatable bonds is 14. The number of nitrogens with zero attached hydrogens (tertiary/aromatic N) is 4. The van der Waals surface area contributed by atoms with Crippen LogP contribution in [0.1, 0.15) is 0 Å². The third kappa shape index (κ3) is 10.2. The summed E-state index contributed by atoms with van der Waals surface area (Å²) >= 11 is 0. The molecule has 0 spiro atoms. The topological polar surface area (TPSA) is 138 Å². The van der Waals surface area contributed by atoms with Crippen molar-refractivity contribution in [3.8, 4) is 22.6 Å². The number of nitrogens with one attached hydrogen (secondary N) is 1. The van der Waals surface area contributed by atoms with Gasteiger partial charge in [-0.3, -0.25) is 15.1 Å². The lowest BCUT2D eigenvalue weighted by atomic mass is 10.0. The number of sulfonamides is 1. The van der Waals surface area contributed by atoms with Crippen LogP contribution in [-0.4, -0.2) is 86.1 Å². The molecule has 2 N–H and O–H groups in total. The molecule has 3 aromatic carbocycles. The Morgan fingerprint density at radius 2 is 1.66 bits per heavy atom. The Kier molecular flexibility index (Phi) is 15.8. The molecular weight excluding hydrogens is 653 g/mol. The van der Waals surface area contributed by atoms with Crippen LogP contribution in [0.5, 0.6) is 11.5 Å². The number of benzene rings is 3. The van der Waals surface area contributed by atoms with E-state index in [0.717, 1.165) is 0 Å². The quantitative estimate of drug-likeness (QED) is 0.106. The molecule has 1 heterocycles. The zero-order valence-electron chi connectivity index (χ0n) is 24.2. The normalized spacial score (nSPS) is 11.0. The predicted molar refractivity (Wildman–Crippen MR) is 179 cm³/mol. The SMILES string of the molecule is CN(C)CCN(CCNCCOc1ccc([N+](=O)[O-])cc1)S(=O)(=O)c1cc(-c2cccc(O)c2)cc2cnccc12.Cl.Cl.Cl. The van der Waals surface area contributed by atoms with Crippen LogP contribution in [-0.2, 0) is 10.0 Å². The van der Waals surface area contributed by atoms with Crippen LogP contribution in [0.3, 0.4) is 0 Å². The summed E-state index contributed by atoms with van der Waals surface area (Å²) in [6.07, 6.45) is 3.21. The molecule has 11 nitrogen and oxygen atoms in total. The Morgan fingerprint density at radius 3 is 2.32 bits per heavy atom. The summed E-state index contributed by atoms with van der Waals surface area (Å²) in [5, 5.41) is 25.3. The fraction of sp³-hybridized carbons (Fsp3) is 0.276. The number of non-ortho nitro benzene ring substituents is 1. The molecule has 0 unspecified atom stereocenters. The fourth-order valence-corrected chi connectivity index (χ4v) is 5.95. The molecule has 0 aliphatic carbocycles. The molecule has 0 aliphatic rings. The number of fused-ring (bicyclic) bond motifs is 1. The van der Waals surface area contributed by atoms with E-state index in [-0.39, 0.29) is 60.1 Å². The minimum Gasteiger partial charge on any atom is -0.508 e. The van der Waals surface area contributed by atoms with Crippen LogP contribution in [0.15, 0.2) is 84.0 Å². The molecule has 4 aromatic rings. The standard InChI is InChI=1S/C29H33N5O6S.3ClH/c1-32(2)15-16-33(14-12-30-13-17-40-27-8-6-25(7-9-27)34(36)37)41(38,39)29-20-23(22-4-3-5-26(35)19-22)18-24-21-31-11-10-28(24)29;;;/h3-11,18-21,30,35H,12-17H2,1-2H3;3*1H. The van der Waals surface area contributed by atoms with Crippen LogP contribution in [0.4, 0.5) is 5.69 Å². The minimum atomic E-state index is -3.92. The minimum absolute atomic E-state index is 0. The number of aromatic nitrogens is 1. The van der Waals surface area contributed by atoms with Crippen LogP contribution < -0.4 is 10.1 Å². The van der Waals surface area contributed by atoms with Gasteiger partial charge in [0.05, 0.1) is 9.82 Å². The zero-order chi connectivity index (χ0) is 29.4. The number of hydrogen-bond donors (Lipinski definition) is 2. The highest BCUT2D eigenvalue weighted by Gasteiger charge is 2.27. The van der Waals surface area contributed by atoms with Gasteiger partial charge >= 0.3 is 0 Å². The van der Waals surface area contributed by atoms with Gasteiger partial charge in [0.15, 0.2) is 0 Å². The maximum absolute atomic E-state index is 14.1. The molecule has 15 heteroatoms. The van der Waals surface area contributed by atoms with E-state index in [1.165, 1.54) is 16.4 Å². The molecule has 0 aliphatic heterocycles. The highest BCUT2D eigenvalue weighted by Crippen LogP contribution is 2.33. The molecule has 0 atom stereocenters. The van der Waals surface area contributed by atoms with Crippen molar-refractivity contribution >= 4 is 63.7 Å². The first kappa shape index (κ1) is 38.8. The highest BCUT2D eigenvalue weighted by molar-refractivity contribution is 7.89. The van der Waals surface area contributed by atoms with Crippen molar-refractivity contribution in [2.24, 2.45) is 0 Å². The molecule has 0 amide bonds. The summed E-state index contributed by atoms with van der Waals surface area (Å²) in [6, 6.07) is 17.8. The molecule has 0 bridgehead atoms. The summed E-state index contributed by atoms with van der Waals surface area (Å²) in [5.41, 5.74) is 1.35. The summed E-state index contributed by atoms with van der Waals surface area (Å²) in [7, 11) is -0.139. The van der Waals surface area contributed by atoms with Crippen LogP contribution >= 0.6 is 37.2 Å². The summed E-state index contributed by atoms with van der Waals surface area (Å²) in [4.78, 5) is 16.6. The van der Waals surface area contributed by atoms with Crippen LogP contribution in [0, 0.1) is 10.1 Å². The van der Waals surface area contributed by atoms with Crippen molar-refractivity contribution < 1.29 is 23.2 Å². The van der Waals surface area contributed by atoms with E-state index in [0.29, 0.717) is 60.4 Å². The molecule has 0 saturated heterocycles. The molecule has 0 saturated carbocycles. The van der Waals surface area contributed by atoms with E-state index in [9.17, 15) is 23.6 Å². The summed E-state index contributed by atoms with van der Waals surface area (Å²) < 4.78 is 35.4. The van der Waals surface area contributed by atoms with Gasteiger partial charge in [0.25, 0.3) is 5.69 Å². The van der Waals surface area contributed by atoms with E-state index < -0.39 is 14.9 Å². The second kappa shape index (κ2) is 17.9. The van der Waals surface area contributed by atoms with Crippen molar-refractivity contribution in [3.63, 3.8) is 0 Å². The average molecular weight is 689 g/mol. The fourth-order valence-electron chi connectivity index (χ4n) is 4.28. The van der Waals surface area contributed by atoms with Crippen LogP contribution in [0.2, 0.25) is 0 Å². The van der Waals surface area contributed by atoms with Crippen LogP contribution in [0.25, 0.3) is 21.9 Å². The number of likely N-dealkylation sites (N-methyl/N-ethyl adjacent to an activating group) is 1. The Morgan fingerprint density at radius 1 is 0.932 bits per heavy atom. The lowest BCUT2D eigenvalue weighted by Crippen LogP contribution is -2.41. The number of halogens is 3. The van der Waals surface area contributed by atoms with Gasteiger partial charge in [0.1, 0.15) is 18.1 Å². The number of aromatic hydroxyl groups is 1. The van der Waals surface area contributed by atoms with Crippen molar-refractivity contribution in [3.05, 3.63) is 89.2 Å². The van der Waals surface area contributed by atoms with Gasteiger partial charge in [-0.2, -0.15) is 4.31 Å². The summed E-state index contributed by atoms with van der Waals surface area (Å²) in [5.74, 6) is 0.606. The summed E-state index contributed by atoms with van der Waals surface area (Å²) in [6.45, 7) is 2.22. The average Bonchev–Trinajstić information content (AvgIpc) is 2.95. The predicted octanol–water partition coefficient (Wildman–Crippen LogP) is 5.00. The van der Waals surface area contributed by atoms with Crippen molar-refractivity contribution in [2.45, 2.75) is 4.90 Å². The van der Waals surface area contributed by atoms with Crippen molar-refractivity contribution in [1.82, 2.24) is 19.5 Å². The van der Waals surface area contributed by atoms with Gasteiger partial charge in [-0.25, -0.2) is 8.42 Å². The van der Waals surface area contributed by atoms with E-state index in [4.69, 9.17) is 4.74 Å². The first-order valence-electron chi connectivity index (χ1n) is 13.0. The molecule has 0 radical (unpaired) electrons. The van der Waals surface area contributed by atoms with E-state index >= 15 is 0 Å². The third-order valence-corrected chi connectivity index (χ3v) is 8.38. The van der Waals surface area contributed by atoms with Gasteiger partial charge in [-0.05, 0) is 67.7 Å². The largest absolute Gasteiger partial charge is 0.508 e. The maximum atomic E-state index is 14.1. The van der Waals surface area contributed by atoms with Gasteiger partial charge in [-0.15, -0.1) is 37.2 Å². The first-order chi connectivity index (χ1) is 19.6. The van der Waals surface area contributed by atoms with Crippen molar-refractivity contribution in [2.75, 3.05) is 53.4 Å². The molecule has 1 aromatic heterocycles. The Balaban J connectivity index is 0.00000323. The lowest BCUT2D eigenvalue weighted by Gasteiger charge is -2.25. The number of nitro benzene ring substituents is 1. The molecular formula is C29H36Cl3N5O6S. The molecule has 240 valence electrons. The third-order valence-electron chi connectivity index (χ3n) is 6.44. The lowest BCUT2D eigenvalue weighted by molar-refractivity contribution is -0.384. The number of phenols is 1.